The molecule has 0 radical (unpaired) electrons. The molecule has 26 heavy (non-hydrogen) atoms. The van der Waals surface area contributed by atoms with Gasteiger partial charge >= 0.3 is 5.51 Å². The number of aromatic nitrogens is 1. The zero-order valence-electron chi connectivity index (χ0n) is 13.1. The summed E-state index contributed by atoms with van der Waals surface area (Å²) in [7, 11) is -6.09. The molecule has 4 aromatic rings. The van der Waals surface area contributed by atoms with Gasteiger partial charge in [0.25, 0.3) is 0 Å². The van der Waals surface area contributed by atoms with Gasteiger partial charge in [0.2, 0.25) is 11.0 Å². The average molecular weight is 379 g/mol. The normalized spacial score (nSPS) is 12.2. The third kappa shape index (κ3) is 3.47. The van der Waals surface area contributed by atoms with E-state index in [2.05, 4.69) is 77.3 Å². The van der Waals surface area contributed by atoms with E-state index in [0.29, 0.717) is 0 Å². The highest BCUT2D eigenvalue weighted by atomic mass is 32.2. The first-order valence-electron chi connectivity index (χ1n) is 7.41. The lowest BCUT2D eigenvalue weighted by molar-refractivity contribution is -0.480. The van der Waals surface area contributed by atoms with Crippen molar-refractivity contribution in [3.05, 3.63) is 72.9 Å². The van der Waals surface area contributed by atoms with Crippen LogP contribution in [0.5, 0.6) is 0 Å². The molecule has 0 aliphatic heterocycles. The fourth-order valence-electron chi connectivity index (χ4n) is 2.64. The zero-order valence-corrected chi connectivity index (χ0v) is 14.0. The first kappa shape index (κ1) is 18.1. The molecule has 0 fully saturated rings. The van der Waals surface area contributed by atoms with Gasteiger partial charge in [0.1, 0.15) is 0 Å². The SMILES string of the molecule is O=S(=O)([O-])C(F)(F)F.c1ccc2c(c1)cc[n+]1c3ccccc3ccc21. The predicted octanol–water partition coefficient (Wildman–Crippen LogP) is 3.78. The minimum Gasteiger partial charge on any atom is -0.741 e. The first-order chi connectivity index (χ1) is 12.2. The van der Waals surface area contributed by atoms with Gasteiger partial charge < -0.3 is 4.55 Å². The van der Waals surface area contributed by atoms with E-state index in [1.807, 2.05) is 0 Å². The van der Waals surface area contributed by atoms with Gasteiger partial charge in [-0.2, -0.15) is 17.6 Å². The lowest BCUT2D eigenvalue weighted by Crippen LogP contribution is -2.22. The molecule has 2 heterocycles. The average Bonchev–Trinajstić information content (AvgIpc) is 2.60. The van der Waals surface area contributed by atoms with Gasteiger partial charge in [0, 0.05) is 23.6 Å². The lowest BCUT2D eigenvalue weighted by atomic mass is 10.1. The summed E-state index contributed by atoms with van der Waals surface area (Å²) in [4.78, 5) is 0. The molecule has 0 spiro atoms. The molecule has 8 heteroatoms. The molecule has 0 amide bonds. The van der Waals surface area contributed by atoms with Crippen LogP contribution in [0.1, 0.15) is 0 Å². The minimum atomic E-state index is -6.09. The van der Waals surface area contributed by atoms with Gasteiger partial charge in [-0.05, 0) is 23.6 Å². The quantitative estimate of drug-likeness (QED) is 0.202. The van der Waals surface area contributed by atoms with E-state index in [1.165, 1.54) is 27.2 Å². The molecular weight excluding hydrogens is 367 g/mol. The van der Waals surface area contributed by atoms with Gasteiger partial charge in [-0.15, -0.1) is 0 Å². The van der Waals surface area contributed by atoms with Crippen molar-refractivity contribution in [1.82, 2.24) is 0 Å². The number of pyridine rings is 2. The van der Waals surface area contributed by atoms with Crippen molar-refractivity contribution in [2.45, 2.75) is 5.51 Å². The Morgan fingerprint density at radius 1 is 0.769 bits per heavy atom. The van der Waals surface area contributed by atoms with E-state index in [-0.39, 0.29) is 0 Å². The maximum Gasteiger partial charge on any atom is 0.485 e. The molecular formula is C18H12F3NO3S. The highest BCUT2D eigenvalue weighted by molar-refractivity contribution is 7.86. The second-order valence-electron chi connectivity index (χ2n) is 5.45. The maximum absolute atomic E-state index is 10.7. The van der Waals surface area contributed by atoms with Crippen LogP contribution in [0.2, 0.25) is 0 Å². The number of hydrogen-bond acceptors (Lipinski definition) is 3. The Morgan fingerprint density at radius 2 is 1.35 bits per heavy atom. The van der Waals surface area contributed by atoms with Crippen molar-refractivity contribution in [2.24, 2.45) is 0 Å². The Hall–Kier alpha value is -2.71. The van der Waals surface area contributed by atoms with Crippen molar-refractivity contribution in [3.8, 4) is 0 Å². The van der Waals surface area contributed by atoms with Gasteiger partial charge in [-0.3, -0.25) is 0 Å². The Labute approximate surface area is 146 Å². The van der Waals surface area contributed by atoms with Crippen LogP contribution in [0.25, 0.3) is 27.2 Å². The molecule has 0 aliphatic rings. The Morgan fingerprint density at radius 3 is 2.00 bits per heavy atom. The van der Waals surface area contributed by atoms with E-state index in [4.69, 9.17) is 13.0 Å². The molecule has 0 aliphatic carbocycles. The molecule has 4 rings (SSSR count). The molecule has 2 aromatic heterocycles. The van der Waals surface area contributed by atoms with Crippen LogP contribution in [-0.2, 0) is 10.1 Å². The molecule has 134 valence electrons. The van der Waals surface area contributed by atoms with Crippen LogP contribution < -0.4 is 4.40 Å². The maximum atomic E-state index is 10.7. The molecule has 0 saturated carbocycles. The summed E-state index contributed by atoms with van der Waals surface area (Å²) >= 11 is 0. The molecule has 0 N–H and O–H groups in total. The van der Waals surface area contributed by atoms with Crippen molar-refractivity contribution in [1.29, 1.82) is 0 Å². The van der Waals surface area contributed by atoms with Gasteiger partial charge in [0.05, 0.1) is 5.39 Å². The number of nitrogens with zero attached hydrogens (tertiary/aromatic N) is 1. The molecule has 0 saturated heterocycles. The fraction of sp³-hybridized carbons (Fsp3) is 0.0556. The third-order valence-corrected chi connectivity index (χ3v) is 4.37. The number of benzene rings is 2. The topological polar surface area (TPSA) is 61.3 Å². The molecule has 4 nitrogen and oxygen atoms in total. The smallest absolute Gasteiger partial charge is 0.485 e. The van der Waals surface area contributed by atoms with Crippen LogP contribution >= 0.6 is 0 Å². The Balaban J connectivity index is 0.000000211. The van der Waals surface area contributed by atoms with Gasteiger partial charge in [-0.25, -0.2) is 8.42 Å². The van der Waals surface area contributed by atoms with Crippen LogP contribution in [0.4, 0.5) is 13.2 Å². The lowest BCUT2D eigenvalue weighted by Gasteiger charge is -2.08. The van der Waals surface area contributed by atoms with Gasteiger partial charge in [0.15, 0.2) is 16.3 Å². The molecule has 2 aromatic carbocycles. The largest absolute Gasteiger partial charge is 0.741 e. The zero-order chi connectivity index (χ0) is 18.9. The van der Waals surface area contributed by atoms with Crippen LogP contribution in [0.3, 0.4) is 0 Å². The number of alkyl halides is 3. The highest BCUT2D eigenvalue weighted by Crippen LogP contribution is 2.20. The van der Waals surface area contributed by atoms with Crippen LogP contribution in [-0.4, -0.2) is 18.5 Å². The summed E-state index contributed by atoms with van der Waals surface area (Å²) in [6, 6.07) is 23.6. The summed E-state index contributed by atoms with van der Waals surface area (Å²) in [5, 5.41) is 3.85. The number of rotatable bonds is 0. The summed E-state index contributed by atoms with van der Waals surface area (Å²) in [5.74, 6) is 0. The summed E-state index contributed by atoms with van der Waals surface area (Å²) in [6.07, 6.45) is 2.15. The predicted molar refractivity (Wildman–Crippen MR) is 90.4 cm³/mol. The summed E-state index contributed by atoms with van der Waals surface area (Å²) in [5.41, 5.74) is -3.14. The monoisotopic (exact) mass is 379 g/mol. The fourth-order valence-corrected chi connectivity index (χ4v) is 2.64. The number of halogens is 3. The van der Waals surface area contributed by atoms with Crippen molar-refractivity contribution < 1.29 is 30.5 Å². The second-order valence-corrected chi connectivity index (χ2v) is 6.82. The van der Waals surface area contributed by atoms with Gasteiger partial charge in [-0.1, -0.05) is 30.3 Å². The summed E-state index contributed by atoms with van der Waals surface area (Å²) in [6.45, 7) is 0. The Kier molecular flexibility index (Phi) is 4.55. The Bertz CT molecular complexity index is 1130. The van der Waals surface area contributed by atoms with Crippen molar-refractivity contribution >= 4 is 37.3 Å². The van der Waals surface area contributed by atoms with Crippen molar-refractivity contribution in [3.63, 3.8) is 0 Å². The molecule has 0 atom stereocenters. The highest BCUT2D eigenvalue weighted by Gasteiger charge is 2.36. The van der Waals surface area contributed by atoms with E-state index in [1.54, 1.807) is 0 Å². The standard InChI is InChI=1S/C17H12N.CHF3O3S/c1-3-7-15-13(5-1)11-12-18-16-8-4-2-6-14(16)9-10-17(15)18;2-1(3,4)8(5,6)7/h1-12H;(H,5,6,7)/q+1;/p-1. The van der Waals surface area contributed by atoms with Crippen LogP contribution in [0, 0.1) is 0 Å². The molecule has 0 bridgehead atoms. The minimum absolute atomic E-state index is 1.25. The number of fused-ring (bicyclic) bond motifs is 5. The van der Waals surface area contributed by atoms with Crippen molar-refractivity contribution in [2.75, 3.05) is 0 Å². The van der Waals surface area contributed by atoms with E-state index in [9.17, 15) is 13.2 Å². The summed E-state index contributed by atoms with van der Waals surface area (Å²) < 4.78 is 61.2. The second kappa shape index (κ2) is 6.54. The van der Waals surface area contributed by atoms with E-state index in [0.717, 1.165) is 0 Å². The number of para-hydroxylation sites is 1. The van der Waals surface area contributed by atoms with E-state index >= 15 is 0 Å². The number of hydrogen-bond donors (Lipinski definition) is 0. The third-order valence-electron chi connectivity index (χ3n) is 3.80. The van der Waals surface area contributed by atoms with E-state index < -0.39 is 15.6 Å². The first-order valence-corrected chi connectivity index (χ1v) is 8.82. The molecule has 0 unspecified atom stereocenters. The van der Waals surface area contributed by atoms with Crippen LogP contribution in [0.15, 0.2) is 72.9 Å².